The van der Waals surface area contributed by atoms with Crippen molar-refractivity contribution in [3.63, 3.8) is 0 Å². The van der Waals surface area contributed by atoms with Crippen molar-refractivity contribution in [2.45, 2.75) is 6.10 Å². The van der Waals surface area contributed by atoms with E-state index in [9.17, 15) is 9.90 Å². The molecule has 1 atom stereocenters. The van der Waals surface area contributed by atoms with Crippen LogP contribution in [0.1, 0.15) is 11.7 Å². The normalized spacial score (nSPS) is 12.3. The van der Waals surface area contributed by atoms with Gasteiger partial charge in [-0.25, -0.2) is 4.79 Å². The standard InChI is InChI=1S/C9H8Cl2O3/c1-14-9(13)8(12)5-3-2-4-6(10)7(5)11/h2-4,8,12H,1H3/t8-/m0/s1. The zero-order valence-electron chi connectivity index (χ0n) is 7.33. The highest BCUT2D eigenvalue weighted by atomic mass is 35.5. The fourth-order valence-electron chi connectivity index (χ4n) is 0.970. The molecule has 0 saturated heterocycles. The van der Waals surface area contributed by atoms with Gasteiger partial charge in [0.05, 0.1) is 17.2 Å². The first kappa shape index (κ1) is 11.3. The first-order valence-electron chi connectivity index (χ1n) is 3.77. The van der Waals surface area contributed by atoms with Crippen molar-refractivity contribution in [3.05, 3.63) is 33.8 Å². The molecule has 0 spiro atoms. The van der Waals surface area contributed by atoms with Crippen LogP contribution in [0.4, 0.5) is 0 Å². The van der Waals surface area contributed by atoms with Crippen LogP contribution in [0.2, 0.25) is 10.0 Å². The fraction of sp³-hybridized carbons (Fsp3) is 0.222. The molecule has 0 fully saturated rings. The van der Waals surface area contributed by atoms with E-state index >= 15 is 0 Å². The average molecular weight is 235 g/mol. The minimum absolute atomic E-state index is 0.159. The van der Waals surface area contributed by atoms with Gasteiger partial charge in [0, 0.05) is 5.56 Å². The number of methoxy groups -OCH3 is 1. The molecule has 14 heavy (non-hydrogen) atoms. The summed E-state index contributed by atoms with van der Waals surface area (Å²) < 4.78 is 4.37. The molecule has 1 aromatic carbocycles. The Morgan fingerprint density at radius 3 is 2.71 bits per heavy atom. The summed E-state index contributed by atoms with van der Waals surface area (Å²) in [6, 6.07) is 4.67. The molecule has 1 aromatic rings. The lowest BCUT2D eigenvalue weighted by Crippen LogP contribution is -2.13. The van der Waals surface area contributed by atoms with Crippen molar-refractivity contribution in [2.75, 3.05) is 7.11 Å². The number of aliphatic hydroxyl groups excluding tert-OH is 1. The van der Waals surface area contributed by atoms with Crippen molar-refractivity contribution in [2.24, 2.45) is 0 Å². The number of halogens is 2. The van der Waals surface area contributed by atoms with Gasteiger partial charge >= 0.3 is 5.97 Å². The lowest BCUT2D eigenvalue weighted by molar-refractivity contribution is -0.150. The molecule has 1 rings (SSSR count). The number of carbonyl (C=O) groups excluding carboxylic acids is 1. The maximum Gasteiger partial charge on any atom is 0.339 e. The van der Waals surface area contributed by atoms with Crippen molar-refractivity contribution in [3.8, 4) is 0 Å². The number of carbonyl (C=O) groups is 1. The van der Waals surface area contributed by atoms with Gasteiger partial charge in [-0.05, 0) is 6.07 Å². The number of ether oxygens (including phenoxy) is 1. The Balaban J connectivity index is 3.07. The molecular formula is C9H8Cl2O3. The quantitative estimate of drug-likeness (QED) is 0.799. The van der Waals surface area contributed by atoms with Crippen molar-refractivity contribution in [1.29, 1.82) is 0 Å². The summed E-state index contributed by atoms with van der Waals surface area (Å²) in [6.45, 7) is 0. The fourth-order valence-corrected chi connectivity index (χ4v) is 1.38. The minimum atomic E-state index is -1.40. The second kappa shape index (κ2) is 4.64. The third-order valence-electron chi connectivity index (χ3n) is 1.70. The van der Waals surface area contributed by atoms with E-state index in [0.29, 0.717) is 0 Å². The zero-order chi connectivity index (χ0) is 10.7. The van der Waals surface area contributed by atoms with E-state index in [1.807, 2.05) is 0 Å². The second-order valence-corrected chi connectivity index (χ2v) is 3.35. The summed E-state index contributed by atoms with van der Waals surface area (Å²) in [5, 5.41) is 9.92. The molecule has 0 radical (unpaired) electrons. The van der Waals surface area contributed by atoms with Gasteiger partial charge in [0.2, 0.25) is 0 Å². The highest BCUT2D eigenvalue weighted by Gasteiger charge is 2.21. The van der Waals surface area contributed by atoms with Crippen LogP contribution in [-0.4, -0.2) is 18.2 Å². The van der Waals surface area contributed by atoms with Crippen LogP contribution >= 0.6 is 23.2 Å². The van der Waals surface area contributed by atoms with E-state index in [-0.39, 0.29) is 15.6 Å². The summed E-state index contributed by atoms with van der Waals surface area (Å²) in [7, 11) is 1.18. The number of hydrogen-bond donors (Lipinski definition) is 1. The van der Waals surface area contributed by atoms with Crippen LogP contribution in [0.15, 0.2) is 18.2 Å². The molecule has 0 amide bonds. The Morgan fingerprint density at radius 2 is 2.14 bits per heavy atom. The lowest BCUT2D eigenvalue weighted by Gasteiger charge is -2.10. The summed E-state index contributed by atoms with van der Waals surface area (Å²) in [5.41, 5.74) is 0.242. The average Bonchev–Trinajstić information content (AvgIpc) is 2.20. The van der Waals surface area contributed by atoms with Crippen LogP contribution in [0.3, 0.4) is 0 Å². The molecule has 0 bridgehead atoms. The summed E-state index contributed by atoms with van der Waals surface area (Å²) in [4.78, 5) is 11.0. The van der Waals surface area contributed by atoms with Crippen LogP contribution in [0.5, 0.6) is 0 Å². The first-order chi connectivity index (χ1) is 6.57. The predicted octanol–water partition coefficient (Wildman–Crippen LogP) is 2.20. The Labute approximate surface area is 91.2 Å². The lowest BCUT2D eigenvalue weighted by atomic mass is 10.1. The highest BCUT2D eigenvalue weighted by molar-refractivity contribution is 6.42. The first-order valence-corrected chi connectivity index (χ1v) is 4.53. The molecule has 0 aliphatic rings. The Bertz CT molecular complexity index is 352. The van der Waals surface area contributed by atoms with Gasteiger partial charge < -0.3 is 9.84 Å². The van der Waals surface area contributed by atoms with Gasteiger partial charge in [-0.3, -0.25) is 0 Å². The smallest absolute Gasteiger partial charge is 0.339 e. The SMILES string of the molecule is COC(=O)[C@@H](O)c1cccc(Cl)c1Cl. The molecule has 5 heteroatoms. The number of rotatable bonds is 2. The van der Waals surface area contributed by atoms with E-state index in [2.05, 4.69) is 4.74 Å². The van der Waals surface area contributed by atoms with Gasteiger partial charge in [0.25, 0.3) is 0 Å². The largest absolute Gasteiger partial charge is 0.467 e. The molecule has 0 heterocycles. The number of esters is 1. The van der Waals surface area contributed by atoms with Crippen molar-refractivity contribution >= 4 is 29.2 Å². The molecular weight excluding hydrogens is 227 g/mol. The zero-order valence-corrected chi connectivity index (χ0v) is 8.84. The highest BCUT2D eigenvalue weighted by Crippen LogP contribution is 2.30. The van der Waals surface area contributed by atoms with E-state index in [4.69, 9.17) is 23.2 Å². The molecule has 76 valence electrons. The van der Waals surface area contributed by atoms with Gasteiger partial charge in [0.1, 0.15) is 0 Å². The van der Waals surface area contributed by atoms with E-state index in [1.165, 1.54) is 13.2 Å². The van der Waals surface area contributed by atoms with Gasteiger partial charge in [-0.2, -0.15) is 0 Å². The van der Waals surface area contributed by atoms with E-state index in [1.54, 1.807) is 12.1 Å². The molecule has 0 aliphatic heterocycles. The molecule has 0 aromatic heterocycles. The van der Waals surface area contributed by atoms with Gasteiger partial charge in [-0.1, -0.05) is 35.3 Å². The maximum atomic E-state index is 11.0. The Hall–Kier alpha value is -0.770. The van der Waals surface area contributed by atoms with Crippen LogP contribution < -0.4 is 0 Å². The predicted molar refractivity (Wildman–Crippen MR) is 53.4 cm³/mol. The summed E-state index contributed by atoms with van der Waals surface area (Å²) in [5.74, 6) is -0.769. The number of hydrogen-bond acceptors (Lipinski definition) is 3. The van der Waals surface area contributed by atoms with E-state index < -0.39 is 12.1 Å². The maximum absolute atomic E-state index is 11.0. The van der Waals surface area contributed by atoms with E-state index in [0.717, 1.165) is 0 Å². The van der Waals surface area contributed by atoms with Crippen molar-refractivity contribution < 1.29 is 14.6 Å². The van der Waals surface area contributed by atoms with Gasteiger partial charge in [-0.15, -0.1) is 0 Å². The number of benzene rings is 1. The van der Waals surface area contributed by atoms with Crippen LogP contribution in [-0.2, 0) is 9.53 Å². The van der Waals surface area contributed by atoms with Crippen LogP contribution in [0.25, 0.3) is 0 Å². The third kappa shape index (κ3) is 2.18. The van der Waals surface area contributed by atoms with Crippen molar-refractivity contribution in [1.82, 2.24) is 0 Å². The number of aliphatic hydroxyl groups is 1. The second-order valence-electron chi connectivity index (χ2n) is 2.57. The molecule has 3 nitrogen and oxygen atoms in total. The molecule has 0 aliphatic carbocycles. The third-order valence-corrected chi connectivity index (χ3v) is 2.53. The molecule has 1 N–H and O–H groups in total. The topological polar surface area (TPSA) is 46.5 Å². The molecule has 0 saturated carbocycles. The van der Waals surface area contributed by atoms with Crippen LogP contribution in [0, 0.1) is 0 Å². The Morgan fingerprint density at radius 1 is 1.50 bits per heavy atom. The summed E-state index contributed by atoms with van der Waals surface area (Å²) in [6.07, 6.45) is -1.40. The molecule has 0 unspecified atom stereocenters. The monoisotopic (exact) mass is 234 g/mol. The summed E-state index contributed by atoms with van der Waals surface area (Å²) >= 11 is 11.5. The Kier molecular flexibility index (Phi) is 3.75. The minimum Gasteiger partial charge on any atom is -0.467 e. The van der Waals surface area contributed by atoms with Gasteiger partial charge in [0.15, 0.2) is 6.10 Å².